The number of amides is 1. The van der Waals surface area contributed by atoms with Gasteiger partial charge in [0.15, 0.2) is 0 Å². The molecule has 2 aromatic rings. The van der Waals surface area contributed by atoms with Crippen molar-refractivity contribution in [3.63, 3.8) is 0 Å². The van der Waals surface area contributed by atoms with E-state index in [4.69, 9.17) is 33.9 Å². The lowest BCUT2D eigenvalue weighted by Gasteiger charge is -2.37. The number of methoxy groups -OCH3 is 1. The fourth-order valence-corrected chi connectivity index (χ4v) is 5.67. The molecule has 0 spiro atoms. The second-order valence-corrected chi connectivity index (χ2v) is 10.7. The maximum absolute atomic E-state index is 13.6. The van der Waals surface area contributed by atoms with Crippen molar-refractivity contribution in [1.29, 1.82) is 0 Å². The molecule has 8 nitrogen and oxygen atoms in total. The first kappa shape index (κ1) is 29.1. The number of thiocarbonyl (C=S) groups is 2. The van der Waals surface area contributed by atoms with Crippen LogP contribution in [0.5, 0.6) is 0 Å². The summed E-state index contributed by atoms with van der Waals surface area (Å²) in [5.41, 5.74) is -1.47. The molecule has 3 rings (SSSR count). The summed E-state index contributed by atoms with van der Waals surface area (Å²) in [5, 5.41) is 10.6. The number of ether oxygens (including phenoxy) is 2. The van der Waals surface area contributed by atoms with Crippen molar-refractivity contribution in [2.45, 2.75) is 51.3 Å². The van der Waals surface area contributed by atoms with Crippen LogP contribution in [0.4, 0.5) is 0 Å². The van der Waals surface area contributed by atoms with E-state index in [1.165, 1.54) is 0 Å². The minimum Gasteiger partial charge on any atom is -0.480 e. The predicted molar refractivity (Wildman–Crippen MR) is 148 cm³/mol. The summed E-state index contributed by atoms with van der Waals surface area (Å²) in [6.45, 7) is 4.93. The van der Waals surface area contributed by atoms with Crippen LogP contribution in [-0.4, -0.2) is 68.3 Å². The van der Waals surface area contributed by atoms with Gasteiger partial charge in [-0.2, -0.15) is 0 Å². The minimum absolute atomic E-state index is 0.167. The second-order valence-electron chi connectivity index (χ2n) is 9.91. The van der Waals surface area contributed by atoms with Gasteiger partial charge in [-0.25, -0.2) is 9.59 Å². The van der Waals surface area contributed by atoms with Crippen LogP contribution in [0.1, 0.15) is 44.7 Å². The maximum Gasteiger partial charge on any atom is 0.328 e. The quantitative estimate of drug-likeness (QED) is 0.225. The number of likely N-dealkylation sites (tertiary alicyclic amines) is 1. The lowest BCUT2D eigenvalue weighted by atomic mass is 9.69. The van der Waals surface area contributed by atoms with Crippen molar-refractivity contribution in [2.75, 3.05) is 7.11 Å². The summed E-state index contributed by atoms with van der Waals surface area (Å²) in [7, 11) is 1.14. The van der Waals surface area contributed by atoms with Crippen molar-refractivity contribution >= 4 is 58.0 Å². The van der Waals surface area contributed by atoms with Gasteiger partial charge in [0, 0.05) is 9.73 Å². The largest absolute Gasteiger partial charge is 0.480 e. The number of hydrogen-bond donors (Lipinski definition) is 1. The van der Waals surface area contributed by atoms with Crippen LogP contribution in [0, 0.1) is 5.41 Å². The third-order valence-corrected chi connectivity index (χ3v) is 7.39. The van der Waals surface area contributed by atoms with E-state index in [1.54, 1.807) is 81.4 Å². The fourth-order valence-electron chi connectivity index (χ4n) is 4.74. The minimum atomic E-state index is -1.69. The van der Waals surface area contributed by atoms with Crippen LogP contribution in [-0.2, 0) is 28.7 Å². The maximum atomic E-state index is 13.6. The van der Waals surface area contributed by atoms with Crippen LogP contribution in [0.15, 0.2) is 60.7 Å². The van der Waals surface area contributed by atoms with Crippen LogP contribution < -0.4 is 0 Å². The number of carbonyl (C=O) groups is 4. The average molecular weight is 556 g/mol. The van der Waals surface area contributed by atoms with E-state index in [-0.39, 0.29) is 16.1 Å². The summed E-state index contributed by atoms with van der Waals surface area (Å²) >= 11 is 11.8. The molecule has 0 aromatic heterocycles. The first-order valence-electron chi connectivity index (χ1n) is 11.9. The van der Waals surface area contributed by atoms with E-state index >= 15 is 0 Å². The molecule has 1 fully saturated rings. The SMILES string of the molecule is COC(=O)C1CC(C(=S)c2ccccc2)(C(=S)c2ccccc2)C(C(=O)O)N1C(=O)CC(=O)OC(C)(C)C. The Morgan fingerprint density at radius 2 is 1.42 bits per heavy atom. The molecule has 1 heterocycles. The summed E-state index contributed by atoms with van der Waals surface area (Å²) in [6.07, 6.45) is -1.01. The fraction of sp³-hybridized carbons (Fsp3) is 0.357. The Balaban J connectivity index is 2.23. The molecule has 2 unspecified atom stereocenters. The first-order valence-corrected chi connectivity index (χ1v) is 12.7. The molecule has 1 saturated heterocycles. The Labute approximate surface area is 231 Å². The third-order valence-electron chi connectivity index (χ3n) is 6.19. The molecule has 200 valence electrons. The van der Waals surface area contributed by atoms with Crippen molar-refractivity contribution in [2.24, 2.45) is 5.41 Å². The highest BCUT2D eigenvalue weighted by Crippen LogP contribution is 2.48. The molecular weight excluding hydrogens is 526 g/mol. The van der Waals surface area contributed by atoms with Gasteiger partial charge in [-0.1, -0.05) is 85.1 Å². The first-order chi connectivity index (χ1) is 17.8. The van der Waals surface area contributed by atoms with E-state index in [0.29, 0.717) is 11.1 Å². The van der Waals surface area contributed by atoms with E-state index < -0.39 is 53.3 Å². The van der Waals surface area contributed by atoms with Crippen LogP contribution in [0.3, 0.4) is 0 Å². The molecule has 38 heavy (non-hydrogen) atoms. The average Bonchev–Trinajstić information content (AvgIpc) is 3.25. The standard InChI is InChI=1S/C28H29NO7S2/c1-27(2,3)36-21(31)15-20(30)29-19(26(34)35-4)16-28(22(29)25(32)33,23(37)17-11-7-5-8-12-17)24(38)18-13-9-6-10-14-18/h5-14,19,22H,15-16H2,1-4H3,(H,32,33). The number of rotatable bonds is 8. The smallest absolute Gasteiger partial charge is 0.328 e. The second kappa shape index (κ2) is 11.5. The van der Waals surface area contributed by atoms with E-state index in [0.717, 1.165) is 12.0 Å². The van der Waals surface area contributed by atoms with Gasteiger partial charge in [-0.05, 0) is 38.3 Å². The Hall–Kier alpha value is -3.50. The van der Waals surface area contributed by atoms with Gasteiger partial charge in [0.25, 0.3) is 0 Å². The van der Waals surface area contributed by atoms with Gasteiger partial charge in [0.1, 0.15) is 24.1 Å². The Morgan fingerprint density at radius 3 is 1.82 bits per heavy atom. The molecule has 0 radical (unpaired) electrons. The number of carboxylic acids is 1. The number of carbonyl (C=O) groups excluding carboxylic acids is 3. The normalized spacial score (nSPS) is 18.4. The molecule has 1 aliphatic rings. The van der Waals surface area contributed by atoms with E-state index in [1.807, 2.05) is 0 Å². The molecule has 0 saturated carbocycles. The predicted octanol–water partition coefficient (Wildman–Crippen LogP) is 3.77. The lowest BCUT2D eigenvalue weighted by molar-refractivity contribution is -0.164. The van der Waals surface area contributed by atoms with Gasteiger partial charge in [-0.3, -0.25) is 9.59 Å². The zero-order valence-electron chi connectivity index (χ0n) is 21.5. The van der Waals surface area contributed by atoms with Crippen LogP contribution in [0.2, 0.25) is 0 Å². The van der Waals surface area contributed by atoms with Gasteiger partial charge in [-0.15, -0.1) is 0 Å². The Bertz CT molecular complexity index is 1200. The summed E-state index contributed by atoms with van der Waals surface area (Å²) in [5.74, 6) is -4.03. The molecule has 2 aromatic carbocycles. The molecule has 0 bridgehead atoms. The molecular formula is C28H29NO7S2. The summed E-state index contributed by atoms with van der Waals surface area (Å²) in [6, 6.07) is 14.4. The van der Waals surface area contributed by atoms with Gasteiger partial charge in [0.2, 0.25) is 5.91 Å². The number of aliphatic carboxylic acids is 1. The monoisotopic (exact) mass is 555 g/mol. The lowest BCUT2D eigenvalue weighted by Crippen LogP contribution is -2.56. The number of benzene rings is 2. The van der Waals surface area contributed by atoms with Crippen LogP contribution in [0.25, 0.3) is 0 Å². The molecule has 1 aliphatic heterocycles. The summed E-state index contributed by atoms with van der Waals surface area (Å²) in [4.78, 5) is 53.3. The summed E-state index contributed by atoms with van der Waals surface area (Å²) < 4.78 is 10.2. The zero-order valence-corrected chi connectivity index (χ0v) is 23.1. The van der Waals surface area contributed by atoms with Crippen molar-refractivity contribution in [1.82, 2.24) is 4.90 Å². The van der Waals surface area contributed by atoms with Crippen molar-refractivity contribution in [3.8, 4) is 0 Å². The molecule has 1 N–H and O–H groups in total. The van der Waals surface area contributed by atoms with E-state index in [9.17, 15) is 24.3 Å². The highest BCUT2D eigenvalue weighted by atomic mass is 32.1. The van der Waals surface area contributed by atoms with Gasteiger partial charge >= 0.3 is 17.9 Å². The van der Waals surface area contributed by atoms with Crippen molar-refractivity contribution < 1.29 is 33.8 Å². The highest BCUT2D eigenvalue weighted by molar-refractivity contribution is 7.82. The molecule has 2 atom stereocenters. The highest BCUT2D eigenvalue weighted by Gasteiger charge is 2.63. The number of nitrogens with zero attached hydrogens (tertiary/aromatic N) is 1. The van der Waals surface area contributed by atoms with Gasteiger partial charge in [0.05, 0.1) is 12.5 Å². The number of hydrogen-bond acceptors (Lipinski definition) is 8. The van der Waals surface area contributed by atoms with Gasteiger partial charge < -0.3 is 19.5 Å². The zero-order chi connectivity index (χ0) is 28.3. The Morgan fingerprint density at radius 1 is 0.947 bits per heavy atom. The van der Waals surface area contributed by atoms with Crippen molar-refractivity contribution in [3.05, 3.63) is 71.8 Å². The molecule has 1 amide bonds. The van der Waals surface area contributed by atoms with E-state index in [2.05, 4.69) is 0 Å². The Kier molecular flexibility index (Phi) is 8.79. The molecule has 10 heteroatoms. The third kappa shape index (κ3) is 5.81. The number of esters is 2. The number of carboxylic acid groups (broad SMARTS) is 1. The van der Waals surface area contributed by atoms with Crippen LogP contribution >= 0.6 is 24.4 Å². The topological polar surface area (TPSA) is 110 Å². The molecule has 0 aliphatic carbocycles.